The molecule has 2 heterocycles. The number of halogens is 5. The minimum absolute atomic E-state index is 0.0257. The first-order valence-corrected chi connectivity index (χ1v) is 9.33. The number of rotatable bonds is 5. The van der Waals surface area contributed by atoms with E-state index in [2.05, 4.69) is 15.3 Å². The number of benzene rings is 1. The predicted molar refractivity (Wildman–Crippen MR) is 100 cm³/mol. The lowest BCUT2D eigenvalue weighted by Crippen LogP contribution is -2.46. The summed E-state index contributed by atoms with van der Waals surface area (Å²) in [6.07, 6.45) is 0.839. The van der Waals surface area contributed by atoms with Crippen LogP contribution in [0.3, 0.4) is 0 Å². The molecule has 0 atom stereocenters. The van der Waals surface area contributed by atoms with Crippen LogP contribution in [0, 0.1) is 5.82 Å². The summed E-state index contributed by atoms with van der Waals surface area (Å²) in [7, 11) is 0. The molecule has 0 radical (unpaired) electrons. The molecule has 0 aliphatic heterocycles. The van der Waals surface area contributed by atoms with Crippen LogP contribution >= 0.6 is 11.6 Å². The molecule has 0 spiro atoms. The largest absolute Gasteiger partial charge is 0.489 e. The summed E-state index contributed by atoms with van der Waals surface area (Å²) >= 11 is 5.51. The summed E-state index contributed by atoms with van der Waals surface area (Å²) in [4.78, 5) is 7.59. The molecule has 4 rings (SSSR count). The first-order chi connectivity index (χ1) is 13.8. The van der Waals surface area contributed by atoms with Gasteiger partial charge < -0.3 is 10.1 Å². The van der Waals surface area contributed by atoms with E-state index in [1.165, 1.54) is 12.3 Å². The number of nitrogens with one attached hydrogen (secondary N) is 1. The highest BCUT2D eigenvalue weighted by atomic mass is 35.5. The molecule has 1 saturated carbocycles. The monoisotopic (exact) mass is 425 g/mol. The molecule has 29 heavy (non-hydrogen) atoms. The summed E-state index contributed by atoms with van der Waals surface area (Å²) in [5.41, 5.74) is -0.461. The third-order valence-electron chi connectivity index (χ3n) is 4.96. The number of ether oxygens (including phenoxy) is 1. The second kappa shape index (κ2) is 7.76. The van der Waals surface area contributed by atoms with Gasteiger partial charge >= 0.3 is 6.18 Å². The molecule has 1 aromatic carbocycles. The molecule has 1 aliphatic rings. The number of hydrogen-bond acceptors (Lipinski definition) is 4. The van der Waals surface area contributed by atoms with E-state index in [1.54, 1.807) is 24.5 Å². The molecular weight excluding hydrogens is 410 g/mol. The quantitative estimate of drug-likeness (QED) is 0.454. The summed E-state index contributed by atoms with van der Waals surface area (Å²) in [6.45, 7) is 0.339. The molecule has 2 aromatic heterocycles. The van der Waals surface area contributed by atoms with Crippen LogP contribution in [0.25, 0.3) is 10.8 Å². The number of fused-ring (bicyclic) bond motifs is 1. The lowest BCUT2D eigenvalue weighted by atomic mass is 9.89. The lowest BCUT2D eigenvalue weighted by Gasteiger charge is -2.36. The first kappa shape index (κ1) is 19.8. The van der Waals surface area contributed by atoms with Crippen LogP contribution in [0.5, 0.6) is 5.75 Å². The maximum atomic E-state index is 14.2. The Kier molecular flexibility index (Phi) is 5.31. The molecule has 0 saturated heterocycles. The van der Waals surface area contributed by atoms with Crippen molar-refractivity contribution in [2.45, 2.75) is 37.7 Å². The Morgan fingerprint density at radius 2 is 1.97 bits per heavy atom. The zero-order chi connectivity index (χ0) is 20.6. The normalized spacial score (nSPS) is 19.2. The van der Waals surface area contributed by atoms with Gasteiger partial charge in [-0.25, -0.2) is 9.37 Å². The molecule has 4 nitrogen and oxygen atoms in total. The van der Waals surface area contributed by atoms with Crippen molar-refractivity contribution in [3.05, 3.63) is 65.0 Å². The van der Waals surface area contributed by atoms with Crippen molar-refractivity contribution in [2.75, 3.05) is 0 Å². The zero-order valence-electron chi connectivity index (χ0n) is 15.0. The van der Waals surface area contributed by atoms with Crippen LogP contribution in [-0.4, -0.2) is 22.1 Å². The highest BCUT2D eigenvalue weighted by Crippen LogP contribution is 2.36. The molecule has 0 bridgehead atoms. The number of nitrogens with zero attached hydrogens (tertiary/aromatic N) is 2. The van der Waals surface area contributed by atoms with Crippen molar-refractivity contribution in [3.8, 4) is 5.75 Å². The van der Waals surface area contributed by atoms with Crippen molar-refractivity contribution in [1.29, 1.82) is 0 Å². The Hall–Kier alpha value is -2.45. The van der Waals surface area contributed by atoms with E-state index in [4.69, 9.17) is 16.3 Å². The third kappa shape index (κ3) is 4.28. The smallest absolute Gasteiger partial charge is 0.419 e. The van der Waals surface area contributed by atoms with Gasteiger partial charge in [-0.15, -0.1) is 0 Å². The molecular formula is C20H16ClF4N3O. The minimum Gasteiger partial charge on any atom is -0.489 e. The Morgan fingerprint density at radius 1 is 1.17 bits per heavy atom. The van der Waals surface area contributed by atoms with E-state index in [-0.39, 0.29) is 23.7 Å². The molecule has 1 N–H and O–H groups in total. The lowest BCUT2D eigenvalue weighted by molar-refractivity contribution is -0.137. The van der Waals surface area contributed by atoms with Crippen LogP contribution in [0.1, 0.15) is 24.0 Å². The highest BCUT2D eigenvalue weighted by molar-refractivity contribution is 6.30. The van der Waals surface area contributed by atoms with Gasteiger partial charge in [-0.1, -0.05) is 11.6 Å². The van der Waals surface area contributed by atoms with Gasteiger partial charge in [0, 0.05) is 35.9 Å². The van der Waals surface area contributed by atoms with E-state index in [1.807, 2.05) is 0 Å². The second-order valence-electron chi connectivity index (χ2n) is 6.92. The van der Waals surface area contributed by atoms with E-state index in [0.717, 1.165) is 16.8 Å². The summed E-state index contributed by atoms with van der Waals surface area (Å²) in [5, 5.41) is 4.32. The van der Waals surface area contributed by atoms with Crippen LogP contribution in [-0.2, 0) is 12.7 Å². The first-order valence-electron chi connectivity index (χ1n) is 8.95. The van der Waals surface area contributed by atoms with Gasteiger partial charge in [0.25, 0.3) is 0 Å². The number of alkyl halides is 3. The van der Waals surface area contributed by atoms with Gasteiger partial charge in [-0.05, 0) is 42.5 Å². The average Bonchev–Trinajstić information content (AvgIpc) is 2.65. The fourth-order valence-electron chi connectivity index (χ4n) is 3.35. The zero-order valence-corrected chi connectivity index (χ0v) is 15.8. The summed E-state index contributed by atoms with van der Waals surface area (Å²) < 4.78 is 58.5. The maximum Gasteiger partial charge on any atom is 0.419 e. The molecule has 9 heteroatoms. The van der Waals surface area contributed by atoms with E-state index >= 15 is 0 Å². The predicted octanol–water partition coefficient (Wildman–Crippen LogP) is 5.14. The fraction of sp³-hybridized carbons (Fsp3) is 0.300. The minimum atomic E-state index is -4.59. The molecule has 3 aromatic rings. The van der Waals surface area contributed by atoms with Crippen molar-refractivity contribution >= 4 is 22.4 Å². The van der Waals surface area contributed by atoms with Crippen molar-refractivity contribution in [1.82, 2.24) is 15.3 Å². The molecule has 0 amide bonds. The van der Waals surface area contributed by atoms with Gasteiger partial charge in [-0.3, -0.25) is 4.98 Å². The third-order valence-corrected chi connectivity index (χ3v) is 5.26. The standard InChI is InChI=1S/C20H16ClF4N3O/c21-19-17(20(23,24)25)7-14(9-28-19)29-13-5-12(6-13)27-10-16-15-3-4-26-8-11(15)1-2-18(16)22/h1-4,7-9,12-13,27H,5-6,10H2. The van der Waals surface area contributed by atoms with Crippen LogP contribution in [0.4, 0.5) is 17.6 Å². The Bertz CT molecular complexity index is 1040. The van der Waals surface area contributed by atoms with Crippen molar-refractivity contribution in [2.24, 2.45) is 0 Å². The van der Waals surface area contributed by atoms with Gasteiger partial charge in [-0.2, -0.15) is 13.2 Å². The van der Waals surface area contributed by atoms with Crippen molar-refractivity contribution < 1.29 is 22.3 Å². The summed E-state index contributed by atoms with van der Waals surface area (Å²) in [5.74, 6) is -0.270. The van der Waals surface area contributed by atoms with E-state index in [9.17, 15) is 17.6 Å². The maximum absolute atomic E-state index is 14.2. The number of aromatic nitrogens is 2. The van der Waals surface area contributed by atoms with Gasteiger partial charge in [0.2, 0.25) is 0 Å². The Balaban J connectivity index is 1.34. The molecule has 152 valence electrons. The van der Waals surface area contributed by atoms with Crippen molar-refractivity contribution in [3.63, 3.8) is 0 Å². The molecule has 0 unspecified atom stereocenters. The van der Waals surface area contributed by atoms with E-state index < -0.39 is 16.9 Å². The Morgan fingerprint density at radius 3 is 2.72 bits per heavy atom. The van der Waals surface area contributed by atoms with Gasteiger partial charge in [0.05, 0.1) is 11.8 Å². The van der Waals surface area contributed by atoms with Crippen LogP contribution in [0.15, 0.2) is 42.9 Å². The van der Waals surface area contributed by atoms with Gasteiger partial charge in [0.15, 0.2) is 0 Å². The van der Waals surface area contributed by atoms with E-state index in [0.29, 0.717) is 24.9 Å². The topological polar surface area (TPSA) is 47.0 Å². The SMILES string of the molecule is Fc1ccc2cnccc2c1CNC1CC(Oc2cnc(Cl)c(C(F)(F)F)c2)C1. The van der Waals surface area contributed by atoms with Gasteiger partial charge in [0.1, 0.15) is 22.8 Å². The molecule has 1 aliphatic carbocycles. The Labute approximate surface area is 168 Å². The second-order valence-corrected chi connectivity index (χ2v) is 7.28. The van der Waals surface area contributed by atoms with Crippen LogP contribution < -0.4 is 10.1 Å². The fourth-order valence-corrected chi connectivity index (χ4v) is 3.56. The summed E-state index contributed by atoms with van der Waals surface area (Å²) in [6, 6.07) is 5.81. The van der Waals surface area contributed by atoms with Crippen LogP contribution in [0.2, 0.25) is 5.15 Å². The number of hydrogen-bond donors (Lipinski definition) is 1. The average molecular weight is 426 g/mol. The molecule has 1 fully saturated rings. The number of pyridine rings is 2. The highest BCUT2D eigenvalue weighted by Gasteiger charge is 2.36.